The van der Waals surface area contributed by atoms with E-state index in [1.54, 1.807) is 34.8 Å². The lowest BCUT2D eigenvalue weighted by Gasteiger charge is -2.14. The molecule has 2 aromatic rings. The summed E-state index contributed by atoms with van der Waals surface area (Å²) in [7, 11) is 1.67. The highest BCUT2D eigenvalue weighted by Crippen LogP contribution is 2.35. The zero-order chi connectivity index (χ0) is 15.7. The standard InChI is InChI=1S/C16H22N2O2S2/c1-10(2)21-16-17-14-13(15(19)18(16)8-9-20-3)11-6-4-5-7-12(11)22-14/h10H,4-9H2,1-3H3. The predicted molar refractivity (Wildman–Crippen MR) is 93.4 cm³/mol. The van der Waals surface area contributed by atoms with Crippen LogP contribution in [-0.4, -0.2) is 28.5 Å². The lowest BCUT2D eigenvalue weighted by molar-refractivity contribution is 0.183. The first kappa shape index (κ1) is 16.0. The number of rotatable bonds is 5. The van der Waals surface area contributed by atoms with Crippen LogP contribution in [0.3, 0.4) is 0 Å². The molecule has 6 heteroatoms. The second-order valence-corrected chi connectivity index (χ2v) is 8.53. The number of aryl methyl sites for hydroxylation is 2. The van der Waals surface area contributed by atoms with Gasteiger partial charge in [-0.25, -0.2) is 4.98 Å². The Bertz CT molecular complexity index is 734. The molecule has 2 heterocycles. The molecule has 1 aliphatic carbocycles. The van der Waals surface area contributed by atoms with Gasteiger partial charge in [0.1, 0.15) is 4.83 Å². The quantitative estimate of drug-likeness (QED) is 0.618. The third-order valence-corrected chi connectivity index (χ3v) is 6.08. The van der Waals surface area contributed by atoms with E-state index in [4.69, 9.17) is 9.72 Å². The van der Waals surface area contributed by atoms with Crippen LogP contribution < -0.4 is 5.56 Å². The fourth-order valence-electron chi connectivity index (χ4n) is 2.90. The summed E-state index contributed by atoms with van der Waals surface area (Å²) in [5.41, 5.74) is 1.38. The highest BCUT2D eigenvalue weighted by Gasteiger charge is 2.22. The molecule has 4 nitrogen and oxygen atoms in total. The molecular weight excluding hydrogens is 316 g/mol. The second-order valence-electron chi connectivity index (χ2n) is 5.90. The van der Waals surface area contributed by atoms with E-state index in [0.717, 1.165) is 28.2 Å². The largest absolute Gasteiger partial charge is 0.383 e. The van der Waals surface area contributed by atoms with E-state index in [-0.39, 0.29) is 5.56 Å². The van der Waals surface area contributed by atoms with Crippen molar-refractivity contribution in [2.24, 2.45) is 0 Å². The molecule has 0 spiro atoms. The lowest BCUT2D eigenvalue weighted by atomic mass is 9.97. The van der Waals surface area contributed by atoms with Crippen LogP contribution in [0.4, 0.5) is 0 Å². The maximum atomic E-state index is 13.0. The molecule has 0 bridgehead atoms. The van der Waals surface area contributed by atoms with Gasteiger partial charge in [-0.05, 0) is 31.2 Å². The molecule has 2 aromatic heterocycles. The lowest BCUT2D eigenvalue weighted by Crippen LogP contribution is -2.26. The summed E-state index contributed by atoms with van der Waals surface area (Å²) < 4.78 is 6.98. The van der Waals surface area contributed by atoms with Gasteiger partial charge in [0.2, 0.25) is 0 Å². The molecule has 0 fully saturated rings. The van der Waals surface area contributed by atoms with Gasteiger partial charge in [-0.2, -0.15) is 0 Å². The van der Waals surface area contributed by atoms with Gasteiger partial charge in [0, 0.05) is 17.2 Å². The van der Waals surface area contributed by atoms with Gasteiger partial charge < -0.3 is 4.74 Å². The number of hydrogen-bond acceptors (Lipinski definition) is 5. The van der Waals surface area contributed by atoms with Gasteiger partial charge in [0.15, 0.2) is 5.16 Å². The van der Waals surface area contributed by atoms with Crippen LogP contribution in [0.25, 0.3) is 10.2 Å². The molecule has 0 aliphatic heterocycles. The van der Waals surface area contributed by atoms with Gasteiger partial charge in [0.05, 0.1) is 18.5 Å². The van der Waals surface area contributed by atoms with Crippen molar-refractivity contribution in [1.29, 1.82) is 0 Å². The Morgan fingerprint density at radius 1 is 1.36 bits per heavy atom. The smallest absolute Gasteiger partial charge is 0.263 e. The molecule has 22 heavy (non-hydrogen) atoms. The fraction of sp³-hybridized carbons (Fsp3) is 0.625. The first-order chi connectivity index (χ1) is 10.6. The maximum Gasteiger partial charge on any atom is 0.263 e. The number of aromatic nitrogens is 2. The zero-order valence-electron chi connectivity index (χ0n) is 13.3. The van der Waals surface area contributed by atoms with Crippen molar-refractivity contribution >= 4 is 33.3 Å². The molecule has 0 N–H and O–H groups in total. The van der Waals surface area contributed by atoms with Crippen LogP contribution in [0.2, 0.25) is 0 Å². The van der Waals surface area contributed by atoms with Crippen LogP contribution in [0.5, 0.6) is 0 Å². The number of ether oxygens (including phenoxy) is 1. The molecule has 0 saturated carbocycles. The Morgan fingerprint density at radius 3 is 2.86 bits per heavy atom. The molecule has 0 aromatic carbocycles. The molecule has 0 unspecified atom stereocenters. The van der Waals surface area contributed by atoms with E-state index in [0.29, 0.717) is 18.4 Å². The normalized spacial score (nSPS) is 14.7. The minimum Gasteiger partial charge on any atom is -0.383 e. The van der Waals surface area contributed by atoms with Crippen LogP contribution in [0.1, 0.15) is 37.1 Å². The minimum atomic E-state index is 0.115. The van der Waals surface area contributed by atoms with Crippen LogP contribution in [0, 0.1) is 0 Å². The average molecular weight is 338 g/mol. The monoisotopic (exact) mass is 338 g/mol. The topological polar surface area (TPSA) is 44.1 Å². The third kappa shape index (κ3) is 2.96. The molecule has 0 saturated heterocycles. The first-order valence-corrected chi connectivity index (χ1v) is 9.52. The van der Waals surface area contributed by atoms with Crippen molar-refractivity contribution in [1.82, 2.24) is 9.55 Å². The van der Waals surface area contributed by atoms with Gasteiger partial charge in [-0.15, -0.1) is 11.3 Å². The minimum absolute atomic E-state index is 0.115. The number of thiophene rings is 1. The Morgan fingerprint density at radius 2 is 2.14 bits per heavy atom. The predicted octanol–water partition coefficient (Wildman–Crippen LogP) is 3.48. The molecule has 1 aliphatic rings. The molecule has 0 amide bonds. The SMILES string of the molecule is COCCn1c(SC(C)C)nc2sc3c(c2c1=O)CCCC3. The van der Waals surface area contributed by atoms with Crippen molar-refractivity contribution in [3.05, 3.63) is 20.8 Å². The second kappa shape index (κ2) is 6.72. The number of methoxy groups -OCH3 is 1. The van der Waals surface area contributed by atoms with Gasteiger partial charge in [0.25, 0.3) is 5.56 Å². The molecule has 0 radical (unpaired) electrons. The average Bonchev–Trinajstić information content (AvgIpc) is 2.84. The van der Waals surface area contributed by atoms with Crippen LogP contribution in [-0.2, 0) is 24.1 Å². The molecule has 0 atom stereocenters. The van der Waals surface area contributed by atoms with E-state index >= 15 is 0 Å². The van der Waals surface area contributed by atoms with E-state index in [2.05, 4.69) is 13.8 Å². The number of fused-ring (bicyclic) bond motifs is 3. The maximum absolute atomic E-state index is 13.0. The van der Waals surface area contributed by atoms with Crippen molar-refractivity contribution < 1.29 is 4.74 Å². The van der Waals surface area contributed by atoms with Gasteiger partial charge >= 0.3 is 0 Å². The first-order valence-electron chi connectivity index (χ1n) is 7.82. The van der Waals surface area contributed by atoms with Crippen molar-refractivity contribution in [3.8, 4) is 0 Å². The Kier molecular flexibility index (Phi) is 4.90. The third-order valence-electron chi connectivity index (χ3n) is 3.90. The van der Waals surface area contributed by atoms with Gasteiger partial charge in [-0.3, -0.25) is 9.36 Å². The summed E-state index contributed by atoms with van der Waals surface area (Å²) in [5, 5.41) is 2.08. The summed E-state index contributed by atoms with van der Waals surface area (Å²) in [6.45, 7) is 5.35. The number of hydrogen-bond donors (Lipinski definition) is 0. The number of nitrogens with zero attached hydrogens (tertiary/aromatic N) is 2. The van der Waals surface area contributed by atoms with Crippen molar-refractivity contribution in [3.63, 3.8) is 0 Å². The highest BCUT2D eigenvalue weighted by molar-refractivity contribution is 7.99. The summed E-state index contributed by atoms with van der Waals surface area (Å²) in [6.07, 6.45) is 4.53. The summed E-state index contributed by atoms with van der Waals surface area (Å²) in [4.78, 5) is 20.1. The van der Waals surface area contributed by atoms with Gasteiger partial charge in [-0.1, -0.05) is 25.6 Å². The van der Waals surface area contributed by atoms with E-state index in [1.165, 1.54) is 23.3 Å². The van der Waals surface area contributed by atoms with E-state index in [1.807, 2.05) is 0 Å². The fourth-order valence-corrected chi connectivity index (χ4v) is 5.08. The molecule has 3 rings (SSSR count). The van der Waals surface area contributed by atoms with E-state index < -0.39 is 0 Å². The summed E-state index contributed by atoms with van der Waals surface area (Å²) >= 11 is 3.37. The molecular formula is C16H22N2O2S2. The Balaban J connectivity index is 2.18. The van der Waals surface area contributed by atoms with Crippen molar-refractivity contribution in [2.75, 3.05) is 13.7 Å². The number of thioether (sulfide) groups is 1. The van der Waals surface area contributed by atoms with Crippen molar-refractivity contribution in [2.45, 2.75) is 56.5 Å². The Hall–Kier alpha value is -0.850. The van der Waals surface area contributed by atoms with E-state index in [9.17, 15) is 4.79 Å². The molecule has 120 valence electrons. The zero-order valence-corrected chi connectivity index (χ0v) is 15.0. The van der Waals surface area contributed by atoms with Crippen LogP contribution >= 0.6 is 23.1 Å². The summed E-state index contributed by atoms with van der Waals surface area (Å²) in [6, 6.07) is 0. The highest BCUT2D eigenvalue weighted by atomic mass is 32.2. The van der Waals surface area contributed by atoms with Crippen LogP contribution in [0.15, 0.2) is 9.95 Å². The summed E-state index contributed by atoms with van der Waals surface area (Å²) in [5.74, 6) is 0. The Labute approximate surface area is 138 Å².